The molecule has 140 valence electrons. The van der Waals surface area contributed by atoms with Crippen molar-refractivity contribution in [2.45, 2.75) is 32.6 Å². The summed E-state index contributed by atoms with van der Waals surface area (Å²) in [5.74, 6) is 0.0609. The van der Waals surface area contributed by atoms with Crippen molar-refractivity contribution in [3.63, 3.8) is 0 Å². The number of carbonyl (C=O) groups excluding carboxylic acids is 1. The number of methoxy groups -OCH3 is 1. The number of carbonyl (C=O) groups is 1. The number of anilines is 2. The highest BCUT2D eigenvalue weighted by Crippen LogP contribution is 2.35. The Morgan fingerprint density at radius 3 is 2.35 bits per heavy atom. The van der Waals surface area contributed by atoms with Crippen LogP contribution in [0.1, 0.15) is 48.5 Å². The zero-order chi connectivity index (χ0) is 19.1. The largest absolute Gasteiger partial charge is 0.507 e. The van der Waals surface area contributed by atoms with Gasteiger partial charge in [-0.1, -0.05) is 26.2 Å². The second-order valence-corrected chi connectivity index (χ2v) is 6.15. The van der Waals surface area contributed by atoms with Crippen LogP contribution in [0, 0.1) is 0 Å². The molecule has 0 aliphatic carbocycles. The van der Waals surface area contributed by atoms with Crippen LogP contribution >= 0.6 is 0 Å². The summed E-state index contributed by atoms with van der Waals surface area (Å²) in [5, 5.41) is 10.4. The van der Waals surface area contributed by atoms with Gasteiger partial charge in [0, 0.05) is 29.1 Å². The van der Waals surface area contributed by atoms with E-state index in [1.54, 1.807) is 12.1 Å². The van der Waals surface area contributed by atoms with Crippen molar-refractivity contribution >= 4 is 17.2 Å². The van der Waals surface area contributed by atoms with Gasteiger partial charge in [0.05, 0.1) is 13.7 Å². The molecule has 2 aromatic rings. The first-order valence-electron chi connectivity index (χ1n) is 8.70. The van der Waals surface area contributed by atoms with Crippen molar-refractivity contribution < 1.29 is 19.4 Å². The zero-order valence-corrected chi connectivity index (χ0v) is 15.2. The number of unbranched alkanes of at least 4 members (excludes halogenated alkanes) is 3. The van der Waals surface area contributed by atoms with Crippen LogP contribution in [0.3, 0.4) is 0 Å². The van der Waals surface area contributed by atoms with Gasteiger partial charge in [-0.3, -0.25) is 4.79 Å². The lowest BCUT2D eigenvalue weighted by atomic mass is 10.00. The second kappa shape index (κ2) is 8.99. The van der Waals surface area contributed by atoms with Crippen molar-refractivity contribution in [3.05, 3.63) is 41.5 Å². The number of phenolic OH excluding ortho intramolecular Hbond substituents is 1. The average Bonchev–Trinajstić information content (AvgIpc) is 2.59. The number of nitrogens with two attached hydrogens (primary N) is 2. The maximum Gasteiger partial charge on any atom is 0.200 e. The average molecular weight is 358 g/mol. The Hall–Kier alpha value is -2.89. The van der Waals surface area contributed by atoms with Gasteiger partial charge in [-0.25, -0.2) is 0 Å². The van der Waals surface area contributed by atoms with Crippen molar-refractivity contribution in [3.8, 4) is 17.2 Å². The summed E-state index contributed by atoms with van der Waals surface area (Å²) in [6.07, 6.45) is 4.34. The predicted octanol–water partition coefficient (Wildman–Crippen LogP) is 3.76. The minimum atomic E-state index is -0.423. The van der Waals surface area contributed by atoms with Crippen LogP contribution < -0.4 is 20.9 Å². The van der Waals surface area contributed by atoms with Gasteiger partial charge in [-0.2, -0.15) is 0 Å². The van der Waals surface area contributed by atoms with Gasteiger partial charge >= 0.3 is 0 Å². The fourth-order valence-electron chi connectivity index (χ4n) is 2.72. The number of ketones is 1. The molecule has 0 bridgehead atoms. The lowest BCUT2D eigenvalue weighted by Crippen LogP contribution is -2.07. The number of hydrogen-bond donors (Lipinski definition) is 3. The lowest BCUT2D eigenvalue weighted by molar-refractivity contribution is 0.103. The fourth-order valence-corrected chi connectivity index (χ4v) is 2.72. The summed E-state index contributed by atoms with van der Waals surface area (Å²) < 4.78 is 11.0. The van der Waals surface area contributed by atoms with Crippen LogP contribution in [0.5, 0.6) is 17.2 Å². The molecule has 0 saturated heterocycles. The van der Waals surface area contributed by atoms with Gasteiger partial charge in [0.2, 0.25) is 5.78 Å². The summed E-state index contributed by atoms with van der Waals surface area (Å²) in [6, 6.07) is 7.60. The van der Waals surface area contributed by atoms with E-state index in [0.717, 1.165) is 25.7 Å². The number of aromatic hydroxyl groups is 1. The Balaban J connectivity index is 2.24. The molecule has 0 atom stereocenters. The number of ether oxygens (including phenoxy) is 2. The molecule has 0 aromatic heterocycles. The molecule has 5 N–H and O–H groups in total. The van der Waals surface area contributed by atoms with Gasteiger partial charge in [0.25, 0.3) is 0 Å². The molecule has 0 radical (unpaired) electrons. The van der Waals surface area contributed by atoms with E-state index in [-0.39, 0.29) is 22.6 Å². The summed E-state index contributed by atoms with van der Waals surface area (Å²) >= 11 is 0. The highest BCUT2D eigenvalue weighted by atomic mass is 16.5. The standard InChI is InChI=1S/C20H26N2O4/c1-3-4-5-6-7-26-16-11-17(23)19(18(12-16)25-2)20(24)13-8-14(21)10-15(22)9-13/h8-12,23H,3-7,21-22H2,1-2H3. The number of phenols is 1. The third kappa shape index (κ3) is 4.81. The van der Waals surface area contributed by atoms with E-state index >= 15 is 0 Å². The smallest absolute Gasteiger partial charge is 0.200 e. The quantitative estimate of drug-likeness (QED) is 0.358. The molecule has 0 amide bonds. The third-order valence-corrected chi connectivity index (χ3v) is 4.01. The molecule has 0 saturated carbocycles. The molecule has 0 unspecified atom stereocenters. The molecule has 6 heteroatoms. The first-order valence-corrected chi connectivity index (χ1v) is 8.70. The number of rotatable bonds is 9. The Morgan fingerprint density at radius 2 is 1.73 bits per heavy atom. The van der Waals surface area contributed by atoms with E-state index in [4.69, 9.17) is 20.9 Å². The van der Waals surface area contributed by atoms with Crippen molar-refractivity contribution in [1.29, 1.82) is 0 Å². The first-order chi connectivity index (χ1) is 12.5. The van der Waals surface area contributed by atoms with Gasteiger partial charge in [0.1, 0.15) is 22.8 Å². The molecule has 0 aliphatic rings. The molecular formula is C20H26N2O4. The SMILES string of the molecule is CCCCCCOc1cc(O)c(C(=O)c2cc(N)cc(N)c2)c(OC)c1. The molecule has 0 fully saturated rings. The molecule has 2 rings (SSSR count). The maximum atomic E-state index is 12.8. The van der Waals surface area contributed by atoms with Gasteiger partial charge in [0.15, 0.2) is 0 Å². The highest BCUT2D eigenvalue weighted by molar-refractivity contribution is 6.13. The minimum Gasteiger partial charge on any atom is -0.507 e. The van der Waals surface area contributed by atoms with Crippen LogP contribution in [0.25, 0.3) is 0 Å². The van der Waals surface area contributed by atoms with E-state index in [1.807, 2.05) is 0 Å². The predicted molar refractivity (Wildman–Crippen MR) is 103 cm³/mol. The summed E-state index contributed by atoms with van der Waals surface area (Å²) in [4.78, 5) is 12.8. The van der Waals surface area contributed by atoms with Crippen molar-refractivity contribution in [1.82, 2.24) is 0 Å². The summed E-state index contributed by atoms with van der Waals surface area (Å²) in [5.41, 5.74) is 12.6. The molecule has 0 heterocycles. The minimum absolute atomic E-state index is 0.0517. The normalized spacial score (nSPS) is 10.5. The van der Waals surface area contributed by atoms with Crippen LogP contribution in [0.2, 0.25) is 0 Å². The molecule has 26 heavy (non-hydrogen) atoms. The van der Waals surface area contributed by atoms with Gasteiger partial charge < -0.3 is 26.0 Å². The number of hydrogen-bond acceptors (Lipinski definition) is 6. The first kappa shape index (κ1) is 19.4. The van der Waals surface area contributed by atoms with Crippen molar-refractivity contribution in [2.75, 3.05) is 25.2 Å². The Labute approximate surface area is 153 Å². The van der Waals surface area contributed by atoms with Crippen LogP contribution in [-0.2, 0) is 0 Å². The summed E-state index contributed by atoms with van der Waals surface area (Å²) in [7, 11) is 1.43. The van der Waals surface area contributed by atoms with E-state index in [2.05, 4.69) is 6.92 Å². The third-order valence-electron chi connectivity index (χ3n) is 4.01. The molecule has 2 aromatic carbocycles. The zero-order valence-electron chi connectivity index (χ0n) is 15.2. The van der Waals surface area contributed by atoms with Crippen LogP contribution in [-0.4, -0.2) is 24.6 Å². The van der Waals surface area contributed by atoms with Crippen LogP contribution in [0.15, 0.2) is 30.3 Å². The molecule has 6 nitrogen and oxygen atoms in total. The maximum absolute atomic E-state index is 12.8. The van der Waals surface area contributed by atoms with E-state index in [9.17, 15) is 9.90 Å². The van der Waals surface area contributed by atoms with Crippen LogP contribution in [0.4, 0.5) is 11.4 Å². The Morgan fingerprint density at radius 1 is 1.04 bits per heavy atom. The fraction of sp³-hybridized carbons (Fsp3) is 0.350. The van der Waals surface area contributed by atoms with E-state index in [1.165, 1.54) is 25.3 Å². The lowest BCUT2D eigenvalue weighted by Gasteiger charge is -2.14. The number of nitrogen functional groups attached to an aromatic ring is 2. The molecule has 0 aliphatic heterocycles. The van der Waals surface area contributed by atoms with E-state index < -0.39 is 5.78 Å². The monoisotopic (exact) mass is 358 g/mol. The van der Waals surface area contributed by atoms with Gasteiger partial charge in [-0.05, 0) is 24.6 Å². The topological polar surface area (TPSA) is 108 Å². The highest BCUT2D eigenvalue weighted by Gasteiger charge is 2.21. The van der Waals surface area contributed by atoms with Gasteiger partial charge in [-0.15, -0.1) is 0 Å². The van der Waals surface area contributed by atoms with E-state index in [0.29, 0.717) is 23.7 Å². The Bertz CT molecular complexity index is 754. The second-order valence-electron chi connectivity index (χ2n) is 6.15. The molecular weight excluding hydrogens is 332 g/mol. The van der Waals surface area contributed by atoms with Crippen molar-refractivity contribution in [2.24, 2.45) is 0 Å². The molecule has 0 spiro atoms. The summed E-state index contributed by atoms with van der Waals surface area (Å²) in [6.45, 7) is 2.69. The number of benzene rings is 2. The Kier molecular flexibility index (Phi) is 6.72.